The van der Waals surface area contributed by atoms with Crippen molar-refractivity contribution >= 4 is 22.8 Å². The van der Waals surface area contributed by atoms with Gasteiger partial charge < -0.3 is 4.74 Å². The van der Waals surface area contributed by atoms with Crippen LogP contribution in [0.4, 0.5) is 25.8 Å². The number of nitrogens with zero attached hydrogens (tertiary/aromatic N) is 3. The zero-order chi connectivity index (χ0) is 19.3. The molecule has 0 aromatic heterocycles. The van der Waals surface area contributed by atoms with Crippen LogP contribution in [0.15, 0.2) is 47.6 Å². The van der Waals surface area contributed by atoms with E-state index in [4.69, 9.17) is 0 Å². The Bertz CT molecular complexity index is 873. The van der Waals surface area contributed by atoms with Crippen LogP contribution >= 0.6 is 0 Å². The zero-order valence-corrected chi connectivity index (χ0v) is 13.3. The predicted molar refractivity (Wildman–Crippen MR) is 88.7 cm³/mol. The molecule has 0 saturated carbocycles. The van der Waals surface area contributed by atoms with Gasteiger partial charge in [0.25, 0.3) is 5.69 Å². The molecule has 0 heterocycles. The van der Waals surface area contributed by atoms with Crippen molar-refractivity contribution in [3.8, 4) is 5.75 Å². The van der Waals surface area contributed by atoms with E-state index in [1.807, 2.05) is 0 Å². The Balaban J connectivity index is 2.26. The molecule has 0 spiro atoms. The minimum absolute atomic E-state index is 0.0556. The van der Waals surface area contributed by atoms with Crippen molar-refractivity contribution in [2.45, 2.75) is 13.5 Å². The average molecular weight is 366 g/mol. The molecule has 0 aliphatic heterocycles. The smallest absolute Gasteiger partial charge is 0.387 e. The van der Waals surface area contributed by atoms with Gasteiger partial charge in [-0.05, 0) is 25.1 Å². The molecule has 0 bridgehead atoms. The summed E-state index contributed by atoms with van der Waals surface area (Å²) in [6.07, 6.45) is 0. The number of nitro groups is 2. The molecule has 0 unspecified atom stereocenters. The largest absolute Gasteiger partial charge is 0.435 e. The highest BCUT2D eigenvalue weighted by Crippen LogP contribution is 2.29. The molecule has 136 valence electrons. The molecule has 0 aliphatic rings. The fraction of sp³-hybridized carbons (Fsp3) is 0.133. The molecule has 9 nitrogen and oxygen atoms in total. The first-order chi connectivity index (χ1) is 12.3. The first-order valence-corrected chi connectivity index (χ1v) is 7.06. The second-order valence-electron chi connectivity index (χ2n) is 4.93. The second kappa shape index (κ2) is 7.96. The minimum atomic E-state index is -2.97. The van der Waals surface area contributed by atoms with E-state index in [9.17, 15) is 29.0 Å². The van der Waals surface area contributed by atoms with E-state index in [2.05, 4.69) is 15.3 Å². The number of ether oxygens (including phenoxy) is 1. The molecule has 2 aromatic carbocycles. The SMILES string of the molecule is C/C(=N\Nc1ccc([N+](=O)[O-])cc1[N+](=O)[O-])c1cccc(OC(F)F)c1. The van der Waals surface area contributed by atoms with Crippen molar-refractivity contribution in [1.29, 1.82) is 0 Å². The number of nitrogens with one attached hydrogen (secondary N) is 1. The molecule has 2 rings (SSSR count). The predicted octanol–water partition coefficient (Wildman–Crippen LogP) is 3.94. The Morgan fingerprint density at radius 3 is 2.50 bits per heavy atom. The van der Waals surface area contributed by atoms with E-state index in [1.165, 1.54) is 18.2 Å². The third-order valence-corrected chi connectivity index (χ3v) is 3.21. The third-order valence-electron chi connectivity index (χ3n) is 3.21. The number of non-ortho nitro benzene ring substituents is 1. The van der Waals surface area contributed by atoms with Crippen molar-refractivity contribution < 1.29 is 23.4 Å². The van der Waals surface area contributed by atoms with Crippen LogP contribution in [0, 0.1) is 20.2 Å². The number of hydrogen-bond acceptors (Lipinski definition) is 7. The van der Waals surface area contributed by atoms with Crippen LogP contribution < -0.4 is 10.2 Å². The van der Waals surface area contributed by atoms with Gasteiger partial charge >= 0.3 is 12.3 Å². The van der Waals surface area contributed by atoms with Crippen molar-refractivity contribution in [2.75, 3.05) is 5.43 Å². The molecule has 0 atom stereocenters. The van der Waals surface area contributed by atoms with Gasteiger partial charge in [0.15, 0.2) is 0 Å². The van der Waals surface area contributed by atoms with Gasteiger partial charge in [0.05, 0.1) is 21.6 Å². The van der Waals surface area contributed by atoms with Crippen LogP contribution in [0.1, 0.15) is 12.5 Å². The summed E-state index contributed by atoms with van der Waals surface area (Å²) in [4.78, 5) is 20.3. The number of alkyl halides is 2. The fourth-order valence-corrected chi connectivity index (χ4v) is 1.99. The van der Waals surface area contributed by atoms with Crippen LogP contribution in [0.25, 0.3) is 0 Å². The van der Waals surface area contributed by atoms with Gasteiger partial charge in [-0.1, -0.05) is 12.1 Å². The summed E-state index contributed by atoms with van der Waals surface area (Å²) in [5.41, 5.74) is 2.22. The summed E-state index contributed by atoms with van der Waals surface area (Å²) in [5, 5.41) is 25.7. The molecule has 26 heavy (non-hydrogen) atoms. The summed E-state index contributed by atoms with van der Waals surface area (Å²) in [7, 11) is 0. The minimum Gasteiger partial charge on any atom is -0.435 e. The summed E-state index contributed by atoms with van der Waals surface area (Å²) in [6, 6.07) is 8.81. The molecule has 0 saturated heterocycles. The van der Waals surface area contributed by atoms with Crippen LogP contribution in [0.2, 0.25) is 0 Å². The highest BCUT2D eigenvalue weighted by Gasteiger charge is 2.19. The Labute approximate surface area is 145 Å². The Kier molecular flexibility index (Phi) is 5.73. The highest BCUT2D eigenvalue weighted by atomic mass is 19.3. The summed E-state index contributed by atoms with van der Waals surface area (Å²) >= 11 is 0. The number of nitro benzene ring substituents is 2. The van der Waals surface area contributed by atoms with E-state index < -0.39 is 27.8 Å². The van der Waals surface area contributed by atoms with Crippen molar-refractivity contribution in [3.63, 3.8) is 0 Å². The first-order valence-electron chi connectivity index (χ1n) is 7.06. The Hall–Kier alpha value is -3.63. The molecular formula is C15H12F2N4O5. The summed E-state index contributed by atoms with van der Waals surface area (Å²) in [6.45, 7) is -1.42. The average Bonchev–Trinajstić information content (AvgIpc) is 2.58. The monoisotopic (exact) mass is 366 g/mol. The van der Waals surface area contributed by atoms with Gasteiger partial charge in [-0.2, -0.15) is 13.9 Å². The maximum atomic E-state index is 12.3. The zero-order valence-electron chi connectivity index (χ0n) is 13.3. The maximum absolute atomic E-state index is 12.3. The van der Waals surface area contributed by atoms with E-state index in [0.717, 1.165) is 18.2 Å². The highest BCUT2D eigenvalue weighted by molar-refractivity contribution is 5.99. The first kappa shape index (κ1) is 18.7. The number of benzene rings is 2. The van der Waals surface area contributed by atoms with Crippen molar-refractivity contribution in [2.24, 2.45) is 5.10 Å². The van der Waals surface area contributed by atoms with Crippen LogP contribution in [-0.4, -0.2) is 22.2 Å². The maximum Gasteiger partial charge on any atom is 0.387 e. The van der Waals surface area contributed by atoms with Crippen LogP contribution in [0.5, 0.6) is 5.75 Å². The number of halogens is 2. The quantitative estimate of drug-likeness (QED) is 0.450. The lowest BCUT2D eigenvalue weighted by Crippen LogP contribution is -2.05. The third kappa shape index (κ3) is 4.69. The lowest BCUT2D eigenvalue weighted by molar-refractivity contribution is -0.393. The fourth-order valence-electron chi connectivity index (χ4n) is 1.99. The molecule has 0 aliphatic carbocycles. The molecule has 0 radical (unpaired) electrons. The standard InChI is InChI=1S/C15H12F2N4O5/c1-9(10-3-2-4-12(7-10)26-15(16)17)18-19-13-6-5-11(20(22)23)8-14(13)21(24)25/h2-8,15,19H,1H3/b18-9+. The number of rotatable bonds is 7. The summed E-state index contributed by atoms with van der Waals surface area (Å²) < 4.78 is 28.8. The molecule has 2 aromatic rings. The van der Waals surface area contributed by atoms with Gasteiger partial charge in [0, 0.05) is 11.6 Å². The molecular weight excluding hydrogens is 354 g/mol. The topological polar surface area (TPSA) is 120 Å². The van der Waals surface area contributed by atoms with Crippen molar-refractivity contribution in [3.05, 3.63) is 68.3 Å². The molecule has 1 N–H and O–H groups in total. The Morgan fingerprint density at radius 1 is 1.15 bits per heavy atom. The van der Waals surface area contributed by atoms with E-state index in [1.54, 1.807) is 13.0 Å². The molecule has 11 heteroatoms. The molecule has 0 fully saturated rings. The molecule has 0 amide bonds. The normalized spacial score (nSPS) is 11.3. The lowest BCUT2D eigenvalue weighted by atomic mass is 10.1. The van der Waals surface area contributed by atoms with Gasteiger partial charge in [-0.25, -0.2) is 0 Å². The number of hydrogen-bond donors (Lipinski definition) is 1. The number of anilines is 1. The van der Waals surface area contributed by atoms with E-state index >= 15 is 0 Å². The van der Waals surface area contributed by atoms with Crippen LogP contribution in [-0.2, 0) is 0 Å². The second-order valence-corrected chi connectivity index (χ2v) is 4.93. The van der Waals surface area contributed by atoms with Gasteiger partial charge in [0.1, 0.15) is 11.4 Å². The van der Waals surface area contributed by atoms with Crippen LogP contribution in [0.3, 0.4) is 0 Å². The Morgan fingerprint density at radius 2 is 1.88 bits per heavy atom. The van der Waals surface area contributed by atoms with Gasteiger partial charge in [-0.15, -0.1) is 0 Å². The van der Waals surface area contributed by atoms with E-state index in [-0.39, 0.29) is 11.4 Å². The lowest BCUT2D eigenvalue weighted by Gasteiger charge is -2.07. The number of hydrazone groups is 1. The van der Waals surface area contributed by atoms with Crippen molar-refractivity contribution in [1.82, 2.24) is 0 Å². The van der Waals surface area contributed by atoms with Gasteiger partial charge in [-0.3, -0.25) is 25.7 Å². The summed E-state index contributed by atoms with van der Waals surface area (Å²) in [5.74, 6) is -0.0617. The van der Waals surface area contributed by atoms with Gasteiger partial charge in [0.2, 0.25) is 0 Å². The van der Waals surface area contributed by atoms with E-state index in [0.29, 0.717) is 11.3 Å².